The van der Waals surface area contributed by atoms with Crippen LogP contribution in [0, 0.1) is 0 Å². The van der Waals surface area contributed by atoms with Crippen molar-refractivity contribution in [2.24, 2.45) is 0 Å². The summed E-state index contributed by atoms with van der Waals surface area (Å²) in [6, 6.07) is 16.4. The van der Waals surface area contributed by atoms with Gasteiger partial charge in [-0.15, -0.1) is 11.8 Å². The first kappa shape index (κ1) is 41.1. The number of carbonyl (C=O) groups is 2. The number of Topliss-reactive ketones (excluding diaryl/α,β-unsaturated/α-hetero) is 1. The molecule has 2 saturated carbocycles. The summed E-state index contributed by atoms with van der Waals surface area (Å²) >= 11 is 8.38. The number of unbranched alkanes of at least 4 members (excludes halogenated alkanes) is 2. The van der Waals surface area contributed by atoms with Crippen LogP contribution in [0.1, 0.15) is 82.3 Å². The van der Waals surface area contributed by atoms with E-state index in [9.17, 15) is 30.0 Å². The Bertz CT molecular complexity index is 1670. The largest absolute Gasteiger partial charge is 0.490 e. The highest BCUT2D eigenvalue weighted by atomic mass is 35.5. The van der Waals surface area contributed by atoms with Gasteiger partial charge in [-0.25, -0.2) is 0 Å². The third kappa shape index (κ3) is 11.5. The third-order valence-corrected chi connectivity index (χ3v) is 11.7. The first-order valence-electron chi connectivity index (χ1n) is 18.8. The van der Waals surface area contributed by atoms with Gasteiger partial charge in [-0.3, -0.25) is 9.78 Å². The van der Waals surface area contributed by atoms with Crippen LogP contribution < -0.4 is 4.74 Å². The van der Waals surface area contributed by atoms with E-state index in [1.165, 1.54) is 23.0 Å². The van der Waals surface area contributed by atoms with Gasteiger partial charge >= 0.3 is 0 Å². The van der Waals surface area contributed by atoms with Gasteiger partial charge in [0.1, 0.15) is 29.8 Å². The van der Waals surface area contributed by atoms with Gasteiger partial charge in [0.15, 0.2) is 6.10 Å². The molecule has 2 aliphatic carbocycles. The summed E-state index contributed by atoms with van der Waals surface area (Å²) in [6.45, 7) is 1.30. The number of hydrogen-bond donors (Lipinski definition) is 5. The van der Waals surface area contributed by atoms with Gasteiger partial charge in [0.05, 0.1) is 12.7 Å². The fraction of sp³-hybridized carbons (Fsp3) is 0.537. The molecule has 2 aromatic carbocycles. The highest BCUT2D eigenvalue weighted by Crippen LogP contribution is 2.55. The third-order valence-electron chi connectivity index (χ3n) is 10.2. The molecule has 288 valence electrons. The fourth-order valence-corrected chi connectivity index (χ4v) is 7.82. The molecule has 1 heterocycles. The lowest BCUT2D eigenvalue weighted by Gasteiger charge is -2.30. The maximum Gasteiger partial charge on any atom is 0.254 e. The summed E-state index contributed by atoms with van der Waals surface area (Å²) in [4.78, 5) is 31.6. The molecule has 1 amide bonds. The van der Waals surface area contributed by atoms with Gasteiger partial charge < -0.3 is 40.0 Å². The van der Waals surface area contributed by atoms with Crippen molar-refractivity contribution in [1.29, 1.82) is 0 Å². The number of pyridine rings is 1. The van der Waals surface area contributed by atoms with E-state index in [-0.39, 0.29) is 11.2 Å². The Kier molecular flexibility index (Phi) is 15.2. The van der Waals surface area contributed by atoms with Gasteiger partial charge in [0.25, 0.3) is 5.91 Å². The van der Waals surface area contributed by atoms with Gasteiger partial charge in [-0.2, -0.15) is 0 Å². The van der Waals surface area contributed by atoms with Crippen LogP contribution in [0.5, 0.6) is 5.75 Å². The number of ketones is 1. The Balaban J connectivity index is 1.18. The topological polar surface area (TPSA) is 161 Å². The number of aliphatic hydroxyl groups is 5. The second-order valence-electron chi connectivity index (χ2n) is 14.5. The van der Waals surface area contributed by atoms with Crippen LogP contribution in [-0.2, 0) is 21.4 Å². The highest BCUT2D eigenvalue weighted by Gasteiger charge is 2.45. The summed E-state index contributed by atoms with van der Waals surface area (Å²) in [5.41, 5.74) is 4.64. The van der Waals surface area contributed by atoms with Crippen LogP contribution in [-0.4, -0.2) is 103 Å². The summed E-state index contributed by atoms with van der Waals surface area (Å²) < 4.78 is 6.28. The number of halogens is 1. The molecule has 0 unspecified atom stereocenters. The van der Waals surface area contributed by atoms with Crippen molar-refractivity contribution in [2.75, 3.05) is 25.4 Å². The number of para-hydroxylation sites is 1. The average Bonchev–Trinajstić information content (AvgIpc) is 4.12. The standard InChI is InChI=1S/C41H53ClN2O8S/c1-27(46)8-3-2-6-21-44(40(51)39(50)38(49)37(48)35(47)26-45)22-7-23-53-30-13-14-34(42)28(24-30)15-17-41(18-19-41)33-25-43-20-16-31(33)32-9-4-5-10-36(32)52-29-11-12-29/h4-5,9-10,13-14,16,20,24-25,29,35,37-39,45,47-50H,2-3,6-8,11-12,15,17-19,21-23,26H2,1H3/t35-,37+,38-,39-/m0/s1. The number of benzene rings is 2. The zero-order valence-corrected chi connectivity index (χ0v) is 32.0. The number of aromatic nitrogens is 1. The van der Waals surface area contributed by atoms with Crippen LogP contribution in [0.3, 0.4) is 0 Å². The SMILES string of the molecule is CC(=O)CCCCCN(CCCSc1ccc(Cl)c(CCC2(c3cnccc3-c3ccccc3OC3CC3)CC2)c1)C(=O)[C@@H](O)[C@@H](O)[C@H](O)[C@@H](O)CO. The smallest absolute Gasteiger partial charge is 0.254 e. The number of amides is 1. The molecule has 0 radical (unpaired) electrons. The summed E-state index contributed by atoms with van der Waals surface area (Å²) in [7, 11) is 0. The van der Waals surface area contributed by atoms with E-state index in [4.69, 9.17) is 21.4 Å². The molecule has 10 nitrogen and oxygen atoms in total. The molecule has 2 aliphatic rings. The summed E-state index contributed by atoms with van der Waals surface area (Å²) in [5, 5.41) is 50.5. The number of aliphatic hydroxyl groups excluding tert-OH is 5. The molecule has 53 heavy (non-hydrogen) atoms. The normalized spacial score (nSPS) is 17.1. The molecule has 0 bridgehead atoms. The van der Waals surface area contributed by atoms with E-state index in [0.717, 1.165) is 65.3 Å². The predicted molar refractivity (Wildman–Crippen MR) is 206 cm³/mol. The Morgan fingerprint density at radius 3 is 2.45 bits per heavy atom. The number of hydrogen-bond acceptors (Lipinski definition) is 10. The molecular weight excluding hydrogens is 716 g/mol. The Hall–Kier alpha value is -3.03. The second kappa shape index (κ2) is 19.5. The van der Waals surface area contributed by atoms with E-state index in [1.54, 1.807) is 11.8 Å². The molecule has 0 spiro atoms. The van der Waals surface area contributed by atoms with E-state index in [0.29, 0.717) is 57.1 Å². The van der Waals surface area contributed by atoms with Crippen molar-refractivity contribution in [3.63, 3.8) is 0 Å². The van der Waals surface area contributed by atoms with Crippen LogP contribution in [0.25, 0.3) is 11.1 Å². The van der Waals surface area contributed by atoms with Crippen LogP contribution >= 0.6 is 23.4 Å². The van der Waals surface area contributed by atoms with Crippen molar-refractivity contribution >= 4 is 35.1 Å². The molecule has 0 aliphatic heterocycles. The molecule has 3 aromatic rings. The van der Waals surface area contributed by atoms with Crippen LogP contribution in [0.15, 0.2) is 65.8 Å². The minimum atomic E-state index is -1.97. The molecular formula is C41H53ClN2O8S. The zero-order chi connectivity index (χ0) is 38.0. The van der Waals surface area contributed by atoms with Crippen molar-refractivity contribution < 1.29 is 39.9 Å². The minimum Gasteiger partial charge on any atom is -0.490 e. The number of ether oxygens (including phenoxy) is 1. The number of thioether (sulfide) groups is 1. The molecule has 2 fully saturated rings. The number of nitrogens with zero attached hydrogens (tertiary/aromatic N) is 2. The summed E-state index contributed by atoms with van der Waals surface area (Å²) in [6.07, 6.45) is 5.79. The second-order valence-corrected chi connectivity index (χ2v) is 16.1. The van der Waals surface area contributed by atoms with E-state index in [2.05, 4.69) is 35.3 Å². The van der Waals surface area contributed by atoms with E-state index >= 15 is 0 Å². The Morgan fingerprint density at radius 1 is 0.981 bits per heavy atom. The fourth-order valence-electron chi connectivity index (χ4n) is 6.71. The molecule has 5 N–H and O–H groups in total. The quantitative estimate of drug-likeness (QED) is 0.0616. The molecule has 0 saturated heterocycles. The first-order chi connectivity index (χ1) is 25.5. The monoisotopic (exact) mass is 768 g/mol. The van der Waals surface area contributed by atoms with Crippen molar-refractivity contribution in [3.8, 4) is 16.9 Å². The number of rotatable bonds is 23. The number of aryl methyl sites for hydroxylation is 1. The first-order valence-corrected chi connectivity index (χ1v) is 20.1. The Labute approximate surface area is 321 Å². The average molecular weight is 769 g/mol. The van der Waals surface area contributed by atoms with Gasteiger partial charge in [-0.1, -0.05) is 36.2 Å². The molecule has 5 rings (SSSR count). The predicted octanol–water partition coefficient (Wildman–Crippen LogP) is 5.50. The maximum absolute atomic E-state index is 13.2. The van der Waals surface area contributed by atoms with Crippen LogP contribution in [0.2, 0.25) is 5.02 Å². The van der Waals surface area contributed by atoms with Crippen LogP contribution in [0.4, 0.5) is 0 Å². The lowest BCUT2D eigenvalue weighted by Crippen LogP contribution is -2.53. The van der Waals surface area contributed by atoms with E-state index < -0.39 is 36.9 Å². The maximum atomic E-state index is 13.2. The zero-order valence-electron chi connectivity index (χ0n) is 30.4. The molecule has 1 aromatic heterocycles. The minimum absolute atomic E-state index is 0.0230. The summed E-state index contributed by atoms with van der Waals surface area (Å²) in [5.74, 6) is 0.928. The molecule has 12 heteroatoms. The van der Waals surface area contributed by atoms with Gasteiger partial charge in [0, 0.05) is 47.4 Å². The lowest BCUT2D eigenvalue weighted by atomic mass is 9.85. The molecule has 4 atom stereocenters. The van der Waals surface area contributed by atoms with Gasteiger partial charge in [-0.05, 0) is 123 Å². The van der Waals surface area contributed by atoms with Gasteiger partial charge in [0.2, 0.25) is 0 Å². The highest BCUT2D eigenvalue weighted by molar-refractivity contribution is 7.99. The van der Waals surface area contributed by atoms with Crippen molar-refractivity contribution in [2.45, 2.75) is 118 Å². The van der Waals surface area contributed by atoms with E-state index in [1.807, 2.05) is 30.6 Å². The number of carbonyl (C=O) groups excluding carboxylic acids is 2. The Morgan fingerprint density at radius 2 is 1.74 bits per heavy atom. The van der Waals surface area contributed by atoms with Crippen molar-refractivity contribution in [3.05, 3.63) is 77.1 Å². The van der Waals surface area contributed by atoms with Crippen molar-refractivity contribution in [1.82, 2.24) is 9.88 Å². The lowest BCUT2D eigenvalue weighted by molar-refractivity contribution is -0.158.